The summed E-state index contributed by atoms with van der Waals surface area (Å²) in [7, 11) is 0. The molecule has 2 rings (SSSR count). The van der Waals surface area contributed by atoms with Crippen molar-refractivity contribution >= 4 is 5.91 Å². The summed E-state index contributed by atoms with van der Waals surface area (Å²) in [5, 5.41) is 0. The Morgan fingerprint density at radius 1 is 1.44 bits per heavy atom. The third-order valence-electron chi connectivity index (χ3n) is 3.17. The molecule has 1 fully saturated rings. The lowest BCUT2D eigenvalue weighted by Gasteiger charge is -2.15. The molecule has 4 heteroatoms. The second-order valence-corrected chi connectivity index (χ2v) is 4.36. The van der Waals surface area contributed by atoms with Gasteiger partial charge in [-0.1, -0.05) is 0 Å². The van der Waals surface area contributed by atoms with Crippen LogP contribution in [0.25, 0.3) is 0 Å². The van der Waals surface area contributed by atoms with E-state index in [9.17, 15) is 4.79 Å². The molecule has 0 saturated carbocycles. The normalized spacial score (nSPS) is 15.7. The summed E-state index contributed by atoms with van der Waals surface area (Å²) >= 11 is 0. The average molecular weight is 221 g/mol. The molecular formula is C12H19N3O. The lowest BCUT2D eigenvalue weighted by Crippen LogP contribution is -2.27. The molecule has 2 heterocycles. The third kappa shape index (κ3) is 2.62. The summed E-state index contributed by atoms with van der Waals surface area (Å²) in [6, 6.07) is 0. The third-order valence-corrected chi connectivity index (χ3v) is 3.17. The highest BCUT2D eigenvalue weighted by atomic mass is 16.2. The van der Waals surface area contributed by atoms with Crippen LogP contribution < -0.4 is 0 Å². The van der Waals surface area contributed by atoms with E-state index in [1.54, 1.807) is 6.20 Å². The predicted octanol–water partition coefficient (Wildman–Crippen LogP) is 1.59. The van der Waals surface area contributed by atoms with Crippen LogP contribution in [0, 0.1) is 6.92 Å². The van der Waals surface area contributed by atoms with Crippen LogP contribution >= 0.6 is 0 Å². The average Bonchev–Trinajstić information content (AvgIpc) is 2.90. The molecule has 0 spiro atoms. The highest BCUT2D eigenvalue weighted by Gasteiger charge is 2.16. The lowest BCUT2D eigenvalue weighted by molar-refractivity contribution is -0.130. The molecule has 1 aromatic rings. The van der Waals surface area contributed by atoms with Gasteiger partial charge in [0.25, 0.3) is 0 Å². The van der Waals surface area contributed by atoms with Gasteiger partial charge in [-0.05, 0) is 26.2 Å². The highest BCUT2D eigenvalue weighted by Crippen LogP contribution is 2.10. The van der Waals surface area contributed by atoms with Crippen molar-refractivity contribution in [1.29, 1.82) is 0 Å². The largest absolute Gasteiger partial charge is 0.343 e. The predicted molar refractivity (Wildman–Crippen MR) is 62.0 cm³/mol. The molecule has 0 atom stereocenters. The van der Waals surface area contributed by atoms with E-state index in [2.05, 4.69) is 9.55 Å². The molecule has 1 aliphatic heterocycles. The zero-order valence-corrected chi connectivity index (χ0v) is 9.85. The molecule has 1 saturated heterocycles. The number of amides is 1. The van der Waals surface area contributed by atoms with Crippen LogP contribution in [0.3, 0.4) is 0 Å². The van der Waals surface area contributed by atoms with Gasteiger partial charge in [0.05, 0.1) is 0 Å². The Morgan fingerprint density at radius 2 is 2.19 bits per heavy atom. The van der Waals surface area contributed by atoms with Gasteiger partial charge in [0.15, 0.2) is 0 Å². The van der Waals surface area contributed by atoms with E-state index in [-0.39, 0.29) is 0 Å². The van der Waals surface area contributed by atoms with Crippen LogP contribution in [0.5, 0.6) is 0 Å². The second kappa shape index (κ2) is 5.14. The Kier molecular flexibility index (Phi) is 3.59. The second-order valence-electron chi connectivity index (χ2n) is 4.36. The summed E-state index contributed by atoms with van der Waals surface area (Å²) in [4.78, 5) is 17.9. The number of hydrogen-bond donors (Lipinski definition) is 0. The Balaban J connectivity index is 1.71. The summed E-state index contributed by atoms with van der Waals surface area (Å²) in [5.74, 6) is 1.34. The van der Waals surface area contributed by atoms with Crippen LogP contribution in [0.4, 0.5) is 0 Å². The number of aryl methyl sites for hydroxylation is 2. The van der Waals surface area contributed by atoms with Gasteiger partial charge >= 0.3 is 0 Å². The van der Waals surface area contributed by atoms with E-state index in [0.717, 1.165) is 31.9 Å². The Labute approximate surface area is 96.3 Å². The first-order valence-corrected chi connectivity index (χ1v) is 6.03. The first kappa shape index (κ1) is 11.2. The molecule has 16 heavy (non-hydrogen) atoms. The van der Waals surface area contributed by atoms with Crippen molar-refractivity contribution in [2.24, 2.45) is 0 Å². The van der Waals surface area contributed by atoms with Crippen molar-refractivity contribution in [2.75, 3.05) is 13.1 Å². The zero-order chi connectivity index (χ0) is 11.4. The summed E-state index contributed by atoms with van der Waals surface area (Å²) < 4.78 is 2.09. The fourth-order valence-corrected chi connectivity index (χ4v) is 2.17. The molecule has 1 aliphatic rings. The Morgan fingerprint density at radius 3 is 2.81 bits per heavy atom. The number of nitrogens with zero attached hydrogens (tertiary/aromatic N) is 3. The van der Waals surface area contributed by atoms with Crippen LogP contribution in [-0.2, 0) is 11.3 Å². The number of imidazole rings is 1. The van der Waals surface area contributed by atoms with Crippen molar-refractivity contribution in [1.82, 2.24) is 14.5 Å². The fourth-order valence-electron chi connectivity index (χ4n) is 2.17. The van der Waals surface area contributed by atoms with Crippen LogP contribution in [0.2, 0.25) is 0 Å². The van der Waals surface area contributed by atoms with E-state index in [4.69, 9.17) is 0 Å². The summed E-state index contributed by atoms with van der Waals surface area (Å²) in [6.07, 6.45) is 7.69. The molecule has 1 aromatic heterocycles. The van der Waals surface area contributed by atoms with E-state index in [1.807, 2.05) is 18.0 Å². The Bertz CT molecular complexity index is 353. The highest BCUT2D eigenvalue weighted by molar-refractivity contribution is 5.76. The van der Waals surface area contributed by atoms with Gasteiger partial charge in [0.1, 0.15) is 5.82 Å². The van der Waals surface area contributed by atoms with Gasteiger partial charge in [-0.25, -0.2) is 4.98 Å². The van der Waals surface area contributed by atoms with E-state index in [1.165, 1.54) is 12.8 Å². The monoisotopic (exact) mass is 221 g/mol. The van der Waals surface area contributed by atoms with Crippen molar-refractivity contribution in [2.45, 2.75) is 39.2 Å². The smallest absolute Gasteiger partial charge is 0.222 e. The van der Waals surface area contributed by atoms with Gasteiger partial charge in [0.2, 0.25) is 5.91 Å². The SMILES string of the molecule is Cc1nccn1CCCC(=O)N1CCCC1. The van der Waals surface area contributed by atoms with Crippen LogP contribution in [-0.4, -0.2) is 33.4 Å². The zero-order valence-electron chi connectivity index (χ0n) is 9.85. The summed E-state index contributed by atoms with van der Waals surface area (Å²) in [5.41, 5.74) is 0. The molecule has 0 bridgehead atoms. The molecule has 4 nitrogen and oxygen atoms in total. The van der Waals surface area contributed by atoms with Crippen molar-refractivity contribution in [3.63, 3.8) is 0 Å². The minimum Gasteiger partial charge on any atom is -0.343 e. The van der Waals surface area contributed by atoms with E-state index < -0.39 is 0 Å². The molecule has 0 aliphatic carbocycles. The van der Waals surface area contributed by atoms with E-state index in [0.29, 0.717) is 12.3 Å². The quantitative estimate of drug-likeness (QED) is 0.774. The molecule has 1 amide bonds. The number of aromatic nitrogens is 2. The maximum Gasteiger partial charge on any atom is 0.222 e. The topological polar surface area (TPSA) is 38.1 Å². The molecule has 0 unspecified atom stereocenters. The lowest BCUT2D eigenvalue weighted by atomic mass is 10.2. The van der Waals surface area contributed by atoms with Crippen molar-refractivity contribution in [3.05, 3.63) is 18.2 Å². The number of hydrogen-bond acceptors (Lipinski definition) is 2. The van der Waals surface area contributed by atoms with Crippen molar-refractivity contribution in [3.8, 4) is 0 Å². The van der Waals surface area contributed by atoms with Crippen LogP contribution in [0.1, 0.15) is 31.5 Å². The van der Waals surface area contributed by atoms with E-state index >= 15 is 0 Å². The maximum atomic E-state index is 11.8. The van der Waals surface area contributed by atoms with Gasteiger partial charge < -0.3 is 9.47 Å². The maximum absolute atomic E-state index is 11.8. The fraction of sp³-hybridized carbons (Fsp3) is 0.667. The van der Waals surface area contributed by atoms with Crippen LogP contribution in [0.15, 0.2) is 12.4 Å². The van der Waals surface area contributed by atoms with Gasteiger partial charge in [-0.15, -0.1) is 0 Å². The van der Waals surface area contributed by atoms with Crippen molar-refractivity contribution < 1.29 is 4.79 Å². The molecule has 88 valence electrons. The standard InChI is InChI=1S/C12H19N3O/c1-11-13-6-10-14(11)9-4-5-12(16)15-7-2-3-8-15/h6,10H,2-5,7-9H2,1H3. The first-order chi connectivity index (χ1) is 7.77. The molecule has 0 N–H and O–H groups in total. The Hall–Kier alpha value is -1.32. The van der Waals surface area contributed by atoms with Gasteiger partial charge in [0, 0.05) is 38.4 Å². The van der Waals surface area contributed by atoms with Gasteiger partial charge in [-0.2, -0.15) is 0 Å². The number of likely N-dealkylation sites (tertiary alicyclic amines) is 1. The first-order valence-electron chi connectivity index (χ1n) is 6.03. The number of rotatable bonds is 4. The minimum absolute atomic E-state index is 0.315. The molecule has 0 aromatic carbocycles. The minimum atomic E-state index is 0.315. The molecule has 0 radical (unpaired) electrons. The van der Waals surface area contributed by atoms with Gasteiger partial charge in [-0.3, -0.25) is 4.79 Å². The molecular weight excluding hydrogens is 202 g/mol. The number of carbonyl (C=O) groups is 1. The number of carbonyl (C=O) groups excluding carboxylic acids is 1. The summed E-state index contributed by atoms with van der Waals surface area (Å²) in [6.45, 7) is 4.81.